The third-order valence-corrected chi connectivity index (χ3v) is 3.03. The Balaban J connectivity index is 1.96. The van der Waals surface area contributed by atoms with Crippen LogP contribution >= 0.6 is 11.6 Å². The van der Waals surface area contributed by atoms with Gasteiger partial charge in [-0.3, -0.25) is 0 Å². The van der Waals surface area contributed by atoms with Gasteiger partial charge in [-0.25, -0.2) is 0 Å². The fourth-order valence-corrected chi connectivity index (χ4v) is 1.95. The van der Waals surface area contributed by atoms with Gasteiger partial charge in [0.2, 0.25) is 0 Å². The van der Waals surface area contributed by atoms with E-state index in [4.69, 9.17) is 20.5 Å². The lowest BCUT2D eigenvalue weighted by atomic mass is 10.1. The largest absolute Gasteiger partial charge is 0.478 e. The third-order valence-electron chi connectivity index (χ3n) is 2.80. The molecule has 0 fully saturated rings. The first kappa shape index (κ1) is 13.6. The lowest BCUT2D eigenvalue weighted by molar-refractivity contribution is 0.276. The van der Waals surface area contributed by atoms with E-state index in [1.54, 1.807) is 18.2 Å². The number of azo groups is 1. The van der Waals surface area contributed by atoms with Crippen LogP contribution in [0.4, 0.5) is 11.7 Å². The Morgan fingerprint density at radius 1 is 1.29 bits per heavy atom. The molecule has 2 heterocycles. The Morgan fingerprint density at radius 2 is 2.10 bits per heavy atom. The molecule has 3 aromatic rings. The van der Waals surface area contributed by atoms with Crippen molar-refractivity contribution in [3.8, 4) is 5.95 Å². The van der Waals surface area contributed by atoms with Crippen LogP contribution in [0.5, 0.6) is 5.95 Å². The van der Waals surface area contributed by atoms with Crippen molar-refractivity contribution in [2.45, 2.75) is 19.8 Å². The van der Waals surface area contributed by atoms with Gasteiger partial charge in [0.1, 0.15) is 11.2 Å². The standard InChI is InChI=1S/C13H11ClN4O3/c1-6(2)10-11(12(19)21-18-10)16-17-13-15-8-4-3-7(14)5-9(8)20-13/h3-6,19H,1-2H3. The highest BCUT2D eigenvalue weighted by Crippen LogP contribution is 2.36. The number of aromatic nitrogens is 2. The maximum Gasteiger partial charge on any atom is 0.341 e. The normalized spacial score (nSPS) is 12.0. The molecule has 0 amide bonds. The predicted molar refractivity (Wildman–Crippen MR) is 75.5 cm³/mol. The maximum atomic E-state index is 9.58. The number of hydrogen-bond donors (Lipinski definition) is 1. The lowest BCUT2D eigenvalue weighted by Crippen LogP contribution is -1.86. The number of halogens is 1. The molecule has 21 heavy (non-hydrogen) atoms. The number of aromatic hydroxyl groups is 1. The van der Waals surface area contributed by atoms with Crippen molar-refractivity contribution >= 4 is 34.4 Å². The molecule has 3 rings (SSSR count). The Kier molecular flexibility index (Phi) is 3.34. The summed E-state index contributed by atoms with van der Waals surface area (Å²) in [6, 6.07) is 5.12. The molecular formula is C13H11ClN4O3. The highest BCUT2D eigenvalue weighted by atomic mass is 35.5. The number of hydrogen-bond acceptors (Lipinski definition) is 7. The minimum atomic E-state index is -0.387. The van der Waals surface area contributed by atoms with Crippen LogP contribution in [0.1, 0.15) is 25.5 Å². The second-order valence-electron chi connectivity index (χ2n) is 4.68. The van der Waals surface area contributed by atoms with Crippen LogP contribution in [0.3, 0.4) is 0 Å². The molecule has 0 saturated heterocycles. The number of nitrogens with zero attached hydrogens (tertiary/aromatic N) is 4. The fourth-order valence-electron chi connectivity index (χ4n) is 1.78. The van der Waals surface area contributed by atoms with Gasteiger partial charge in [0.15, 0.2) is 11.3 Å². The molecule has 0 atom stereocenters. The zero-order chi connectivity index (χ0) is 15.0. The van der Waals surface area contributed by atoms with E-state index >= 15 is 0 Å². The van der Waals surface area contributed by atoms with E-state index < -0.39 is 0 Å². The molecule has 108 valence electrons. The van der Waals surface area contributed by atoms with Gasteiger partial charge in [0.05, 0.1) is 0 Å². The van der Waals surface area contributed by atoms with Gasteiger partial charge in [0.25, 0.3) is 0 Å². The number of benzene rings is 1. The second-order valence-corrected chi connectivity index (χ2v) is 5.12. The summed E-state index contributed by atoms with van der Waals surface area (Å²) >= 11 is 5.87. The van der Waals surface area contributed by atoms with E-state index in [2.05, 4.69) is 20.4 Å². The number of oxazole rings is 1. The van der Waals surface area contributed by atoms with E-state index in [9.17, 15) is 5.11 Å². The van der Waals surface area contributed by atoms with Crippen LogP contribution in [-0.2, 0) is 0 Å². The van der Waals surface area contributed by atoms with Crippen LogP contribution in [-0.4, -0.2) is 15.2 Å². The second kappa shape index (κ2) is 5.17. The lowest BCUT2D eigenvalue weighted by Gasteiger charge is -1.97. The first-order valence-electron chi connectivity index (χ1n) is 6.21. The molecule has 0 aliphatic carbocycles. The minimum Gasteiger partial charge on any atom is -0.478 e. The van der Waals surface area contributed by atoms with Crippen molar-refractivity contribution in [1.82, 2.24) is 10.1 Å². The van der Waals surface area contributed by atoms with Gasteiger partial charge in [-0.05, 0) is 12.1 Å². The highest BCUT2D eigenvalue weighted by Gasteiger charge is 2.18. The van der Waals surface area contributed by atoms with Gasteiger partial charge in [-0.2, -0.15) is 4.98 Å². The van der Waals surface area contributed by atoms with Crippen molar-refractivity contribution < 1.29 is 14.0 Å². The van der Waals surface area contributed by atoms with Gasteiger partial charge in [-0.15, -0.1) is 5.11 Å². The van der Waals surface area contributed by atoms with Crippen LogP contribution in [0.15, 0.2) is 37.4 Å². The molecule has 1 N–H and O–H groups in total. The summed E-state index contributed by atoms with van der Waals surface area (Å²) in [5.41, 5.74) is 1.81. The monoisotopic (exact) mass is 306 g/mol. The SMILES string of the molecule is CC(C)c1noc(O)c1N=Nc1nc2ccc(Cl)cc2o1. The quantitative estimate of drug-likeness (QED) is 0.706. The van der Waals surface area contributed by atoms with Crippen molar-refractivity contribution in [3.05, 3.63) is 28.9 Å². The Morgan fingerprint density at radius 3 is 2.86 bits per heavy atom. The van der Waals surface area contributed by atoms with E-state index in [0.717, 1.165) is 0 Å². The van der Waals surface area contributed by atoms with E-state index in [0.29, 0.717) is 21.8 Å². The Bertz CT molecular complexity index is 822. The molecule has 2 aromatic heterocycles. The summed E-state index contributed by atoms with van der Waals surface area (Å²) < 4.78 is 10.1. The summed E-state index contributed by atoms with van der Waals surface area (Å²) in [7, 11) is 0. The van der Waals surface area contributed by atoms with Gasteiger partial charge in [-0.1, -0.05) is 35.7 Å². The number of fused-ring (bicyclic) bond motifs is 1. The summed E-state index contributed by atoms with van der Waals surface area (Å²) in [4.78, 5) is 4.14. The zero-order valence-corrected chi connectivity index (χ0v) is 12.0. The van der Waals surface area contributed by atoms with Gasteiger partial charge in [0, 0.05) is 17.0 Å². The zero-order valence-electron chi connectivity index (χ0n) is 11.2. The molecule has 0 aliphatic heterocycles. The van der Waals surface area contributed by atoms with Crippen LogP contribution < -0.4 is 0 Å². The van der Waals surface area contributed by atoms with Crippen molar-refractivity contribution in [2.75, 3.05) is 0 Å². The number of rotatable bonds is 3. The van der Waals surface area contributed by atoms with Crippen LogP contribution in [0, 0.1) is 0 Å². The summed E-state index contributed by atoms with van der Waals surface area (Å²) in [6.07, 6.45) is 0. The smallest absolute Gasteiger partial charge is 0.341 e. The topological polar surface area (TPSA) is 97.0 Å². The first-order chi connectivity index (χ1) is 10.0. The fraction of sp³-hybridized carbons (Fsp3) is 0.231. The predicted octanol–water partition coefficient (Wildman–Crippen LogP) is 4.71. The molecule has 0 bridgehead atoms. The maximum absolute atomic E-state index is 9.58. The summed E-state index contributed by atoms with van der Waals surface area (Å²) in [5, 5.41) is 21.6. The van der Waals surface area contributed by atoms with Crippen molar-refractivity contribution in [2.24, 2.45) is 10.2 Å². The average molecular weight is 307 g/mol. The molecule has 0 radical (unpaired) electrons. The molecule has 1 aromatic carbocycles. The first-order valence-corrected chi connectivity index (χ1v) is 6.58. The minimum absolute atomic E-state index is 0.0334. The Hall–Kier alpha value is -2.41. The molecule has 0 aliphatic rings. The molecule has 0 spiro atoms. The van der Waals surface area contributed by atoms with Crippen LogP contribution in [0.2, 0.25) is 5.02 Å². The van der Waals surface area contributed by atoms with Crippen molar-refractivity contribution in [1.29, 1.82) is 0 Å². The Labute approximate surface area is 124 Å². The van der Waals surface area contributed by atoms with E-state index in [1.165, 1.54) is 0 Å². The van der Waals surface area contributed by atoms with E-state index in [-0.39, 0.29) is 23.6 Å². The molecule has 0 saturated carbocycles. The molecule has 7 nitrogen and oxygen atoms in total. The van der Waals surface area contributed by atoms with Gasteiger partial charge >= 0.3 is 12.0 Å². The summed E-state index contributed by atoms with van der Waals surface area (Å²) in [5.74, 6) is -0.354. The third kappa shape index (κ3) is 2.59. The summed E-state index contributed by atoms with van der Waals surface area (Å²) in [6.45, 7) is 3.80. The van der Waals surface area contributed by atoms with Crippen molar-refractivity contribution in [3.63, 3.8) is 0 Å². The average Bonchev–Trinajstić information content (AvgIpc) is 2.99. The highest BCUT2D eigenvalue weighted by molar-refractivity contribution is 6.31. The van der Waals surface area contributed by atoms with E-state index in [1.807, 2.05) is 13.8 Å². The molecule has 0 unspecified atom stereocenters. The van der Waals surface area contributed by atoms with Crippen LogP contribution in [0.25, 0.3) is 11.1 Å². The molecule has 8 heteroatoms. The van der Waals surface area contributed by atoms with Gasteiger partial charge < -0.3 is 14.0 Å². The molecular weight excluding hydrogens is 296 g/mol.